The normalized spacial score (nSPS) is 10.6. The van der Waals surface area contributed by atoms with Crippen LogP contribution in [0.1, 0.15) is 11.6 Å². The predicted molar refractivity (Wildman–Crippen MR) is 62.9 cm³/mol. The molecule has 2 aromatic rings. The summed E-state index contributed by atoms with van der Waals surface area (Å²) < 4.78 is 13.7. The third-order valence-electron chi connectivity index (χ3n) is 2.16. The van der Waals surface area contributed by atoms with E-state index in [4.69, 9.17) is 17.3 Å². The quantitative estimate of drug-likeness (QED) is 0.889. The van der Waals surface area contributed by atoms with Gasteiger partial charge in [-0.1, -0.05) is 17.7 Å². The molecule has 0 bridgehead atoms. The molecule has 1 aromatic carbocycles. The van der Waals surface area contributed by atoms with E-state index in [9.17, 15) is 4.39 Å². The van der Waals surface area contributed by atoms with Crippen molar-refractivity contribution in [3.8, 4) is 11.4 Å². The highest BCUT2D eigenvalue weighted by molar-refractivity contribution is 6.33. The number of halogens is 2. The fraction of sp³-hybridized carbons (Fsp3) is 0.182. The maximum absolute atomic E-state index is 13.7. The molecule has 0 aliphatic heterocycles. The van der Waals surface area contributed by atoms with Gasteiger partial charge in [0.2, 0.25) is 0 Å². The number of hydrogen-bond donors (Lipinski definition) is 1. The second-order valence-electron chi connectivity index (χ2n) is 3.42. The molecule has 17 heavy (non-hydrogen) atoms. The average Bonchev–Trinajstić information content (AvgIpc) is 2.28. The lowest BCUT2D eigenvalue weighted by Gasteiger charge is -2.06. The number of nitrogens with two attached hydrogens (primary N) is 1. The Labute approximate surface area is 103 Å². The molecule has 0 amide bonds. The first-order valence-electron chi connectivity index (χ1n) is 4.98. The molecule has 0 saturated heterocycles. The van der Waals surface area contributed by atoms with E-state index in [-0.39, 0.29) is 23.0 Å². The van der Waals surface area contributed by atoms with Crippen LogP contribution in [-0.4, -0.2) is 15.0 Å². The summed E-state index contributed by atoms with van der Waals surface area (Å²) in [5.41, 5.74) is 5.64. The molecule has 1 heterocycles. The number of aryl methyl sites for hydroxylation is 1. The first kappa shape index (κ1) is 11.9. The molecule has 0 atom stereocenters. The van der Waals surface area contributed by atoms with Crippen molar-refractivity contribution in [2.24, 2.45) is 5.73 Å². The Morgan fingerprint density at radius 2 is 2.06 bits per heavy atom. The molecule has 0 aliphatic carbocycles. The summed E-state index contributed by atoms with van der Waals surface area (Å²) in [6.07, 6.45) is 0. The minimum atomic E-state index is -0.467. The van der Waals surface area contributed by atoms with Crippen molar-refractivity contribution >= 4 is 11.6 Å². The monoisotopic (exact) mass is 252 g/mol. The van der Waals surface area contributed by atoms with Gasteiger partial charge in [-0.2, -0.15) is 0 Å². The van der Waals surface area contributed by atoms with E-state index >= 15 is 0 Å². The lowest BCUT2D eigenvalue weighted by molar-refractivity contribution is 0.629. The van der Waals surface area contributed by atoms with E-state index < -0.39 is 5.82 Å². The summed E-state index contributed by atoms with van der Waals surface area (Å²) in [5.74, 6) is 0.633. The molecule has 6 heteroatoms. The van der Waals surface area contributed by atoms with Crippen molar-refractivity contribution < 1.29 is 4.39 Å². The summed E-state index contributed by atoms with van der Waals surface area (Å²) in [6, 6.07) is 4.42. The standard InChI is InChI=1S/C11H10ClFN4/c1-6-15-9(5-14)17-11(16-6)10-7(12)3-2-4-8(10)13/h2-4H,5,14H2,1H3. The molecule has 4 nitrogen and oxygen atoms in total. The zero-order valence-electron chi connectivity index (χ0n) is 9.11. The van der Waals surface area contributed by atoms with Crippen LogP contribution in [-0.2, 0) is 6.54 Å². The van der Waals surface area contributed by atoms with Crippen molar-refractivity contribution in [1.82, 2.24) is 15.0 Å². The van der Waals surface area contributed by atoms with Crippen LogP contribution in [0.2, 0.25) is 5.02 Å². The Morgan fingerprint density at radius 1 is 1.29 bits per heavy atom. The smallest absolute Gasteiger partial charge is 0.167 e. The van der Waals surface area contributed by atoms with Crippen LogP contribution in [0.5, 0.6) is 0 Å². The third-order valence-corrected chi connectivity index (χ3v) is 2.48. The van der Waals surface area contributed by atoms with Crippen LogP contribution < -0.4 is 5.73 Å². The zero-order chi connectivity index (χ0) is 12.4. The Balaban J connectivity index is 2.64. The maximum Gasteiger partial charge on any atom is 0.167 e. The van der Waals surface area contributed by atoms with Gasteiger partial charge in [-0.25, -0.2) is 19.3 Å². The number of rotatable bonds is 2. The fourth-order valence-electron chi connectivity index (χ4n) is 1.45. The molecule has 0 fully saturated rings. The van der Waals surface area contributed by atoms with Crippen molar-refractivity contribution in [2.75, 3.05) is 0 Å². The second kappa shape index (κ2) is 4.73. The van der Waals surface area contributed by atoms with Gasteiger partial charge in [0.05, 0.1) is 17.1 Å². The molecule has 0 spiro atoms. The largest absolute Gasteiger partial charge is 0.324 e. The molecule has 88 valence electrons. The fourth-order valence-corrected chi connectivity index (χ4v) is 1.70. The van der Waals surface area contributed by atoms with Gasteiger partial charge in [0.25, 0.3) is 0 Å². The minimum absolute atomic E-state index is 0.169. The Bertz CT molecular complexity index is 539. The second-order valence-corrected chi connectivity index (χ2v) is 3.83. The number of nitrogens with zero attached hydrogens (tertiary/aromatic N) is 3. The van der Waals surface area contributed by atoms with Crippen LogP contribution in [0.15, 0.2) is 18.2 Å². The van der Waals surface area contributed by atoms with Crippen LogP contribution in [0.4, 0.5) is 4.39 Å². The highest BCUT2D eigenvalue weighted by atomic mass is 35.5. The van der Waals surface area contributed by atoms with E-state index in [0.717, 1.165) is 0 Å². The summed E-state index contributed by atoms with van der Waals surface area (Å²) in [4.78, 5) is 12.2. The predicted octanol–water partition coefficient (Wildman–Crippen LogP) is 2.10. The zero-order valence-corrected chi connectivity index (χ0v) is 9.87. The van der Waals surface area contributed by atoms with Crippen molar-refractivity contribution in [3.63, 3.8) is 0 Å². The summed E-state index contributed by atoms with van der Waals surface area (Å²) in [5, 5.41) is 0.263. The maximum atomic E-state index is 13.7. The van der Waals surface area contributed by atoms with Crippen molar-refractivity contribution in [3.05, 3.63) is 40.7 Å². The molecular weight excluding hydrogens is 243 g/mol. The molecule has 1 aromatic heterocycles. The summed E-state index contributed by atoms with van der Waals surface area (Å²) in [7, 11) is 0. The van der Waals surface area contributed by atoms with Gasteiger partial charge in [-0.05, 0) is 19.1 Å². The highest BCUT2D eigenvalue weighted by Crippen LogP contribution is 2.27. The van der Waals surface area contributed by atoms with Gasteiger partial charge >= 0.3 is 0 Å². The van der Waals surface area contributed by atoms with Gasteiger partial charge in [0, 0.05) is 0 Å². The van der Waals surface area contributed by atoms with Gasteiger partial charge in [-0.3, -0.25) is 0 Å². The van der Waals surface area contributed by atoms with Crippen LogP contribution in [0.25, 0.3) is 11.4 Å². The van der Waals surface area contributed by atoms with Crippen molar-refractivity contribution in [2.45, 2.75) is 13.5 Å². The SMILES string of the molecule is Cc1nc(CN)nc(-c2c(F)cccc2Cl)n1. The molecule has 0 aliphatic rings. The Morgan fingerprint density at radius 3 is 2.71 bits per heavy atom. The van der Waals surface area contributed by atoms with Crippen molar-refractivity contribution in [1.29, 1.82) is 0 Å². The van der Waals surface area contributed by atoms with Crippen LogP contribution in [0.3, 0.4) is 0 Å². The molecule has 0 saturated carbocycles. The summed E-state index contributed by atoms with van der Waals surface area (Å²) in [6.45, 7) is 1.86. The van der Waals surface area contributed by atoms with Crippen LogP contribution >= 0.6 is 11.6 Å². The number of benzene rings is 1. The molecule has 0 radical (unpaired) electrons. The first-order chi connectivity index (χ1) is 8.11. The Hall–Kier alpha value is -1.59. The van der Waals surface area contributed by atoms with Gasteiger partial charge in [0.1, 0.15) is 17.5 Å². The molecule has 2 N–H and O–H groups in total. The van der Waals surface area contributed by atoms with E-state index in [0.29, 0.717) is 11.6 Å². The Kier molecular flexibility index (Phi) is 3.31. The van der Waals surface area contributed by atoms with Gasteiger partial charge < -0.3 is 5.73 Å². The minimum Gasteiger partial charge on any atom is -0.324 e. The summed E-state index contributed by atoms with van der Waals surface area (Å²) >= 11 is 5.94. The van der Waals surface area contributed by atoms with Gasteiger partial charge in [-0.15, -0.1) is 0 Å². The highest BCUT2D eigenvalue weighted by Gasteiger charge is 2.13. The molecular formula is C11H10ClFN4. The topological polar surface area (TPSA) is 64.7 Å². The van der Waals surface area contributed by atoms with Gasteiger partial charge in [0.15, 0.2) is 5.82 Å². The number of aromatic nitrogens is 3. The average molecular weight is 253 g/mol. The lowest BCUT2D eigenvalue weighted by atomic mass is 10.2. The molecule has 2 rings (SSSR count). The third kappa shape index (κ3) is 2.40. The van der Waals surface area contributed by atoms with E-state index in [1.54, 1.807) is 13.0 Å². The first-order valence-corrected chi connectivity index (χ1v) is 5.35. The van der Waals surface area contributed by atoms with E-state index in [2.05, 4.69) is 15.0 Å². The molecule has 0 unspecified atom stereocenters. The van der Waals surface area contributed by atoms with E-state index in [1.165, 1.54) is 12.1 Å². The van der Waals surface area contributed by atoms with E-state index in [1.807, 2.05) is 0 Å². The van der Waals surface area contributed by atoms with Crippen LogP contribution in [0, 0.1) is 12.7 Å². The number of hydrogen-bond acceptors (Lipinski definition) is 4. The lowest BCUT2D eigenvalue weighted by Crippen LogP contribution is -2.08.